The average molecular weight is 416 g/mol. The second-order valence-electron chi connectivity index (χ2n) is 7.44. The van der Waals surface area contributed by atoms with E-state index < -0.39 is 0 Å². The van der Waals surface area contributed by atoms with E-state index in [0.717, 1.165) is 28.6 Å². The van der Waals surface area contributed by atoms with Gasteiger partial charge in [0.25, 0.3) is 0 Å². The zero-order valence-corrected chi connectivity index (χ0v) is 18.8. The summed E-state index contributed by atoms with van der Waals surface area (Å²) in [6.45, 7) is 8.89. The third kappa shape index (κ3) is 8.58. The molecule has 0 amide bonds. The van der Waals surface area contributed by atoms with Gasteiger partial charge in [-0.05, 0) is 75.6 Å². The van der Waals surface area contributed by atoms with Crippen molar-refractivity contribution in [1.29, 1.82) is 0 Å². The van der Waals surface area contributed by atoms with Crippen molar-refractivity contribution in [1.82, 2.24) is 4.90 Å². The minimum atomic E-state index is 0.615. The molecule has 160 valence electrons. The summed E-state index contributed by atoms with van der Waals surface area (Å²) >= 11 is 1.66. The van der Waals surface area contributed by atoms with E-state index in [-0.39, 0.29) is 0 Å². The summed E-state index contributed by atoms with van der Waals surface area (Å²) in [5.41, 5.74) is 13.0. The molecule has 0 atom stereocenters. The lowest BCUT2D eigenvalue weighted by Gasteiger charge is -2.21. The summed E-state index contributed by atoms with van der Waals surface area (Å²) in [6, 6.07) is 13.9. The second-order valence-corrected chi connectivity index (χ2v) is 8.56. The van der Waals surface area contributed by atoms with E-state index in [4.69, 9.17) is 16.2 Å². The van der Waals surface area contributed by atoms with Crippen molar-refractivity contribution in [3.63, 3.8) is 0 Å². The number of benzene rings is 2. The van der Waals surface area contributed by atoms with Gasteiger partial charge in [-0.2, -0.15) is 0 Å². The van der Waals surface area contributed by atoms with Gasteiger partial charge in [-0.25, -0.2) is 0 Å². The number of unbranched alkanes of at least 4 members (excludes halogenated alkanes) is 3. The van der Waals surface area contributed by atoms with Gasteiger partial charge in [0.05, 0.1) is 22.9 Å². The Bertz CT molecular complexity index is 715. The fraction of sp³-hybridized carbons (Fsp3) is 0.500. The quantitative estimate of drug-likeness (QED) is 0.290. The average Bonchev–Trinajstić information content (AvgIpc) is 2.73. The molecule has 0 aliphatic carbocycles. The molecule has 29 heavy (non-hydrogen) atoms. The first-order valence-corrected chi connectivity index (χ1v) is 11.7. The minimum absolute atomic E-state index is 0.615. The lowest BCUT2D eigenvalue weighted by Crippen LogP contribution is -2.27. The molecule has 2 aromatic rings. The summed E-state index contributed by atoms with van der Waals surface area (Å²) in [5, 5.41) is 0. The zero-order valence-electron chi connectivity index (χ0n) is 18.0. The van der Waals surface area contributed by atoms with Gasteiger partial charge in [-0.15, -0.1) is 0 Å². The Morgan fingerprint density at radius 2 is 1.52 bits per heavy atom. The Morgan fingerprint density at radius 3 is 2.21 bits per heavy atom. The van der Waals surface area contributed by atoms with Crippen LogP contribution >= 0.6 is 11.8 Å². The number of nitrogens with two attached hydrogens (primary N) is 2. The number of anilines is 2. The maximum atomic E-state index is 6.11. The number of rotatable bonds is 14. The molecule has 5 heteroatoms. The van der Waals surface area contributed by atoms with Crippen LogP contribution in [-0.2, 0) is 0 Å². The lowest BCUT2D eigenvalue weighted by atomic mass is 10.2. The molecule has 0 aliphatic rings. The van der Waals surface area contributed by atoms with E-state index in [1.54, 1.807) is 11.8 Å². The van der Waals surface area contributed by atoms with Crippen molar-refractivity contribution in [2.45, 2.75) is 62.2 Å². The van der Waals surface area contributed by atoms with E-state index in [0.29, 0.717) is 11.4 Å². The van der Waals surface area contributed by atoms with Gasteiger partial charge < -0.3 is 21.1 Å². The number of para-hydroxylation sites is 1. The molecule has 0 aliphatic heterocycles. The van der Waals surface area contributed by atoms with E-state index in [1.807, 2.05) is 36.4 Å². The molecule has 0 radical (unpaired) electrons. The van der Waals surface area contributed by atoms with Crippen LogP contribution in [0.25, 0.3) is 0 Å². The van der Waals surface area contributed by atoms with Gasteiger partial charge in [-0.1, -0.05) is 50.6 Å². The largest absolute Gasteiger partial charge is 0.492 e. The third-order valence-corrected chi connectivity index (χ3v) is 5.96. The highest BCUT2D eigenvalue weighted by Gasteiger charge is 2.07. The summed E-state index contributed by atoms with van der Waals surface area (Å²) in [5.74, 6) is 0.932. The number of nitrogen functional groups attached to an aromatic ring is 2. The molecule has 4 N–H and O–H groups in total. The number of hydrogen-bond donors (Lipinski definition) is 2. The Balaban J connectivity index is 1.81. The van der Waals surface area contributed by atoms with Crippen molar-refractivity contribution >= 4 is 23.1 Å². The molecular weight excluding hydrogens is 378 g/mol. The maximum absolute atomic E-state index is 6.11. The topological polar surface area (TPSA) is 64.5 Å². The van der Waals surface area contributed by atoms with Gasteiger partial charge in [0, 0.05) is 4.90 Å². The molecule has 0 unspecified atom stereocenters. The van der Waals surface area contributed by atoms with Crippen molar-refractivity contribution in [2.75, 3.05) is 37.7 Å². The normalized spacial score (nSPS) is 11.1. The number of nitrogens with zero attached hydrogens (tertiary/aromatic N) is 1. The Hall–Kier alpha value is -1.85. The molecule has 2 rings (SSSR count). The van der Waals surface area contributed by atoms with Crippen LogP contribution in [-0.4, -0.2) is 31.1 Å². The molecule has 0 aromatic heterocycles. The van der Waals surface area contributed by atoms with Crippen molar-refractivity contribution < 1.29 is 4.74 Å². The van der Waals surface area contributed by atoms with Gasteiger partial charge in [0.1, 0.15) is 5.75 Å². The Labute approximate surface area is 181 Å². The van der Waals surface area contributed by atoms with Crippen LogP contribution in [0.2, 0.25) is 0 Å². The molecule has 0 bridgehead atoms. The summed E-state index contributed by atoms with van der Waals surface area (Å²) in [7, 11) is 0. The van der Waals surface area contributed by atoms with Gasteiger partial charge in [0.15, 0.2) is 0 Å². The standard InChI is InChI=1S/C24H37N3OS/c1-3-5-15-27(16-6-4-2)17-9-10-18-28-23-11-7-8-12-24(23)29-20-13-14-21(25)22(26)19-20/h7-8,11-14,19H,3-6,9-10,15-18,25-26H2,1-2H3. The molecule has 0 heterocycles. The fourth-order valence-corrected chi connectivity index (χ4v) is 4.07. The van der Waals surface area contributed by atoms with Crippen LogP contribution in [0.4, 0.5) is 11.4 Å². The van der Waals surface area contributed by atoms with Crippen LogP contribution in [0.3, 0.4) is 0 Å². The van der Waals surface area contributed by atoms with Crippen LogP contribution in [0.5, 0.6) is 5.75 Å². The molecule has 4 nitrogen and oxygen atoms in total. The predicted molar refractivity (Wildman–Crippen MR) is 127 cm³/mol. The highest BCUT2D eigenvalue weighted by Crippen LogP contribution is 2.36. The molecule has 0 fully saturated rings. The lowest BCUT2D eigenvalue weighted by molar-refractivity contribution is 0.242. The SMILES string of the molecule is CCCCN(CCCC)CCCCOc1ccccc1Sc1ccc(N)c(N)c1. The van der Waals surface area contributed by atoms with E-state index in [1.165, 1.54) is 51.7 Å². The van der Waals surface area contributed by atoms with Gasteiger partial charge in [-0.3, -0.25) is 0 Å². The highest BCUT2D eigenvalue weighted by molar-refractivity contribution is 7.99. The third-order valence-electron chi connectivity index (χ3n) is 4.92. The molecule has 0 saturated heterocycles. The summed E-state index contributed by atoms with van der Waals surface area (Å²) < 4.78 is 6.11. The summed E-state index contributed by atoms with van der Waals surface area (Å²) in [6.07, 6.45) is 7.36. The van der Waals surface area contributed by atoms with Crippen LogP contribution in [0.1, 0.15) is 52.4 Å². The number of hydrogen-bond acceptors (Lipinski definition) is 5. The van der Waals surface area contributed by atoms with Gasteiger partial charge in [0.2, 0.25) is 0 Å². The fourth-order valence-electron chi connectivity index (χ4n) is 3.12. The van der Waals surface area contributed by atoms with Crippen LogP contribution < -0.4 is 16.2 Å². The first-order chi connectivity index (χ1) is 14.1. The predicted octanol–water partition coefficient (Wildman–Crippen LogP) is 6.06. The smallest absolute Gasteiger partial charge is 0.133 e. The second kappa shape index (κ2) is 13.4. The molecule has 0 saturated carbocycles. The number of ether oxygens (including phenoxy) is 1. The van der Waals surface area contributed by atoms with Crippen LogP contribution in [0, 0.1) is 0 Å². The Kier molecular flexibility index (Phi) is 10.8. The first kappa shape index (κ1) is 23.4. The van der Waals surface area contributed by atoms with Crippen LogP contribution in [0.15, 0.2) is 52.3 Å². The molecule has 0 spiro atoms. The molecule has 2 aromatic carbocycles. The van der Waals surface area contributed by atoms with Crippen molar-refractivity contribution in [3.8, 4) is 5.75 Å². The highest BCUT2D eigenvalue weighted by atomic mass is 32.2. The first-order valence-electron chi connectivity index (χ1n) is 10.9. The van der Waals surface area contributed by atoms with E-state index >= 15 is 0 Å². The zero-order chi connectivity index (χ0) is 20.9. The van der Waals surface area contributed by atoms with E-state index in [9.17, 15) is 0 Å². The Morgan fingerprint density at radius 1 is 0.828 bits per heavy atom. The van der Waals surface area contributed by atoms with Crippen molar-refractivity contribution in [3.05, 3.63) is 42.5 Å². The summed E-state index contributed by atoms with van der Waals surface area (Å²) in [4.78, 5) is 4.78. The van der Waals surface area contributed by atoms with E-state index in [2.05, 4.69) is 24.8 Å². The molecular formula is C24H37N3OS. The van der Waals surface area contributed by atoms with Crippen molar-refractivity contribution in [2.24, 2.45) is 0 Å². The maximum Gasteiger partial charge on any atom is 0.133 e. The minimum Gasteiger partial charge on any atom is -0.492 e. The van der Waals surface area contributed by atoms with Gasteiger partial charge >= 0.3 is 0 Å². The monoisotopic (exact) mass is 415 g/mol.